The molecule has 1 aliphatic carbocycles. The van der Waals surface area contributed by atoms with Crippen LogP contribution in [-0.2, 0) is 17.6 Å². The minimum Gasteiger partial charge on any atom is -0.497 e. The van der Waals surface area contributed by atoms with Gasteiger partial charge < -0.3 is 15.0 Å². The Morgan fingerprint density at radius 1 is 1.29 bits per heavy atom. The molecule has 1 aromatic heterocycles. The highest BCUT2D eigenvalue weighted by molar-refractivity contribution is 7.99. The number of methoxy groups -OCH3 is 1. The highest BCUT2D eigenvalue weighted by Gasteiger charge is 2.16. The standard InChI is InChI=1S/C17H19N3O3S/c1-23-12-8-6-11(7-9-12)18-15(21)10-24-17-19-14-5-3-2-4-13(14)16(22)20-17/h6-9H,2-5,10H2,1H3,(H,18,21)(H,19,20,22). The number of carbonyl (C=O) groups excluding carboxylic acids is 1. The first kappa shape index (κ1) is 16.6. The summed E-state index contributed by atoms with van der Waals surface area (Å²) in [5, 5.41) is 3.31. The molecule has 0 radical (unpaired) electrons. The van der Waals surface area contributed by atoms with Gasteiger partial charge in [0.05, 0.1) is 18.6 Å². The van der Waals surface area contributed by atoms with E-state index in [0.717, 1.165) is 42.7 Å². The predicted molar refractivity (Wildman–Crippen MR) is 93.8 cm³/mol. The quantitative estimate of drug-likeness (QED) is 0.642. The van der Waals surface area contributed by atoms with Crippen molar-refractivity contribution in [3.05, 3.63) is 45.9 Å². The largest absolute Gasteiger partial charge is 0.497 e. The van der Waals surface area contributed by atoms with Gasteiger partial charge in [-0.3, -0.25) is 9.59 Å². The van der Waals surface area contributed by atoms with Gasteiger partial charge in [-0.05, 0) is 49.9 Å². The van der Waals surface area contributed by atoms with Gasteiger partial charge >= 0.3 is 0 Å². The molecular formula is C17H19N3O3S. The molecule has 0 spiro atoms. The van der Waals surface area contributed by atoms with Crippen LogP contribution >= 0.6 is 11.8 Å². The van der Waals surface area contributed by atoms with E-state index in [1.165, 1.54) is 11.8 Å². The number of fused-ring (bicyclic) bond motifs is 1. The normalized spacial score (nSPS) is 13.2. The van der Waals surface area contributed by atoms with Crippen LogP contribution in [0.1, 0.15) is 24.1 Å². The maximum absolute atomic E-state index is 12.1. The van der Waals surface area contributed by atoms with E-state index in [2.05, 4.69) is 15.3 Å². The second kappa shape index (κ2) is 7.53. The van der Waals surface area contributed by atoms with Crippen LogP contribution in [0.4, 0.5) is 5.69 Å². The summed E-state index contributed by atoms with van der Waals surface area (Å²) in [5.41, 5.74) is 2.31. The van der Waals surface area contributed by atoms with E-state index in [0.29, 0.717) is 10.8 Å². The van der Waals surface area contributed by atoms with E-state index < -0.39 is 0 Å². The SMILES string of the molecule is COc1ccc(NC(=O)CSc2nc3c(c(=O)[nH]2)CCCC3)cc1. The molecule has 24 heavy (non-hydrogen) atoms. The second-order valence-corrected chi connectivity index (χ2v) is 6.53. The Morgan fingerprint density at radius 3 is 2.79 bits per heavy atom. The smallest absolute Gasteiger partial charge is 0.254 e. The topological polar surface area (TPSA) is 84.1 Å². The lowest BCUT2D eigenvalue weighted by Crippen LogP contribution is -2.22. The number of hydrogen-bond donors (Lipinski definition) is 2. The van der Waals surface area contributed by atoms with Gasteiger partial charge in [-0.1, -0.05) is 11.8 Å². The van der Waals surface area contributed by atoms with Gasteiger partial charge in [0.2, 0.25) is 5.91 Å². The number of thioether (sulfide) groups is 1. The van der Waals surface area contributed by atoms with Crippen LogP contribution in [0.2, 0.25) is 0 Å². The maximum atomic E-state index is 12.1. The van der Waals surface area contributed by atoms with Crippen LogP contribution in [-0.4, -0.2) is 28.7 Å². The van der Waals surface area contributed by atoms with Crippen molar-refractivity contribution in [1.82, 2.24) is 9.97 Å². The maximum Gasteiger partial charge on any atom is 0.254 e. The fourth-order valence-corrected chi connectivity index (χ4v) is 3.33. The lowest BCUT2D eigenvalue weighted by atomic mass is 9.97. The molecule has 2 N–H and O–H groups in total. The summed E-state index contributed by atoms with van der Waals surface area (Å²) in [6, 6.07) is 7.12. The average molecular weight is 345 g/mol. The third kappa shape index (κ3) is 3.97. The molecule has 0 fully saturated rings. The Bertz CT molecular complexity index is 787. The second-order valence-electron chi connectivity index (χ2n) is 5.57. The van der Waals surface area contributed by atoms with Crippen molar-refractivity contribution in [2.24, 2.45) is 0 Å². The Morgan fingerprint density at radius 2 is 2.04 bits per heavy atom. The van der Waals surface area contributed by atoms with Crippen LogP contribution in [0.5, 0.6) is 5.75 Å². The highest BCUT2D eigenvalue weighted by Crippen LogP contribution is 2.20. The van der Waals surface area contributed by atoms with Crippen molar-refractivity contribution in [2.45, 2.75) is 30.8 Å². The summed E-state index contributed by atoms with van der Waals surface area (Å²) in [7, 11) is 1.59. The summed E-state index contributed by atoms with van der Waals surface area (Å²) in [6.07, 6.45) is 3.73. The summed E-state index contributed by atoms with van der Waals surface area (Å²) in [5.74, 6) is 0.775. The molecule has 0 saturated carbocycles. The molecule has 1 aromatic carbocycles. The molecule has 2 aromatic rings. The Hall–Kier alpha value is -2.28. The molecule has 0 saturated heterocycles. The summed E-state index contributed by atoms with van der Waals surface area (Å²) >= 11 is 1.24. The molecule has 0 bridgehead atoms. The van der Waals surface area contributed by atoms with Gasteiger partial charge in [0, 0.05) is 11.3 Å². The predicted octanol–water partition coefficient (Wildman–Crippen LogP) is 2.39. The minimum absolute atomic E-state index is 0.0715. The molecule has 0 unspecified atom stereocenters. The number of rotatable bonds is 5. The highest BCUT2D eigenvalue weighted by atomic mass is 32.2. The molecule has 1 amide bonds. The van der Waals surface area contributed by atoms with Crippen LogP contribution in [0, 0.1) is 0 Å². The molecular weight excluding hydrogens is 326 g/mol. The van der Waals surface area contributed by atoms with Crippen molar-refractivity contribution >= 4 is 23.4 Å². The Kier molecular flexibility index (Phi) is 5.20. The number of ether oxygens (including phenoxy) is 1. The molecule has 0 atom stereocenters. The van der Waals surface area contributed by atoms with Crippen molar-refractivity contribution in [1.29, 1.82) is 0 Å². The fourth-order valence-electron chi connectivity index (χ4n) is 2.65. The van der Waals surface area contributed by atoms with Crippen molar-refractivity contribution in [3.8, 4) is 5.75 Å². The average Bonchev–Trinajstić information content (AvgIpc) is 2.61. The summed E-state index contributed by atoms with van der Waals surface area (Å²) < 4.78 is 5.08. The number of amides is 1. The van der Waals surface area contributed by atoms with Crippen LogP contribution < -0.4 is 15.6 Å². The van der Waals surface area contributed by atoms with Gasteiger partial charge in [-0.2, -0.15) is 0 Å². The van der Waals surface area contributed by atoms with Crippen LogP contribution in [0.15, 0.2) is 34.2 Å². The van der Waals surface area contributed by atoms with Crippen LogP contribution in [0.25, 0.3) is 0 Å². The van der Waals surface area contributed by atoms with E-state index in [1.807, 2.05) is 0 Å². The molecule has 3 rings (SSSR count). The van der Waals surface area contributed by atoms with Gasteiger partial charge in [0.15, 0.2) is 5.16 Å². The van der Waals surface area contributed by atoms with E-state index in [-0.39, 0.29) is 17.2 Å². The van der Waals surface area contributed by atoms with Gasteiger partial charge in [-0.15, -0.1) is 0 Å². The lowest BCUT2D eigenvalue weighted by molar-refractivity contribution is -0.113. The molecule has 0 aliphatic heterocycles. The van der Waals surface area contributed by atoms with E-state index in [9.17, 15) is 9.59 Å². The number of benzene rings is 1. The summed E-state index contributed by atoms with van der Waals surface area (Å²) in [6.45, 7) is 0. The monoisotopic (exact) mass is 345 g/mol. The van der Waals surface area contributed by atoms with E-state index in [4.69, 9.17) is 4.74 Å². The first-order valence-corrected chi connectivity index (χ1v) is 8.83. The number of H-pyrrole nitrogens is 1. The molecule has 6 nitrogen and oxygen atoms in total. The molecule has 1 aliphatic rings. The number of aromatic nitrogens is 2. The number of carbonyl (C=O) groups is 1. The van der Waals surface area contributed by atoms with Gasteiger partial charge in [0.25, 0.3) is 5.56 Å². The number of nitrogens with zero attached hydrogens (tertiary/aromatic N) is 1. The number of aromatic amines is 1. The summed E-state index contributed by atoms with van der Waals surface area (Å²) in [4.78, 5) is 31.3. The fraction of sp³-hybridized carbons (Fsp3) is 0.353. The molecule has 1 heterocycles. The third-order valence-corrected chi connectivity index (χ3v) is 4.76. The zero-order valence-corrected chi connectivity index (χ0v) is 14.2. The number of anilines is 1. The third-order valence-electron chi connectivity index (χ3n) is 3.88. The van der Waals surface area contributed by atoms with E-state index in [1.54, 1.807) is 31.4 Å². The van der Waals surface area contributed by atoms with Gasteiger partial charge in [0.1, 0.15) is 5.75 Å². The minimum atomic E-state index is -0.148. The first-order valence-electron chi connectivity index (χ1n) is 7.84. The zero-order valence-electron chi connectivity index (χ0n) is 13.4. The molecule has 126 valence electrons. The first-order chi connectivity index (χ1) is 11.7. The number of nitrogens with one attached hydrogen (secondary N) is 2. The van der Waals surface area contributed by atoms with Crippen molar-refractivity contribution < 1.29 is 9.53 Å². The Balaban J connectivity index is 1.59. The zero-order chi connectivity index (χ0) is 16.9. The van der Waals surface area contributed by atoms with Crippen molar-refractivity contribution in [3.63, 3.8) is 0 Å². The van der Waals surface area contributed by atoms with Crippen molar-refractivity contribution in [2.75, 3.05) is 18.2 Å². The van der Waals surface area contributed by atoms with E-state index >= 15 is 0 Å². The van der Waals surface area contributed by atoms with Gasteiger partial charge in [-0.25, -0.2) is 4.98 Å². The Labute approximate surface area is 144 Å². The number of hydrogen-bond acceptors (Lipinski definition) is 5. The van der Waals surface area contributed by atoms with Crippen LogP contribution in [0.3, 0.4) is 0 Å². The number of aryl methyl sites for hydroxylation is 1. The molecule has 7 heteroatoms. The lowest BCUT2D eigenvalue weighted by Gasteiger charge is -2.14.